The molecule has 4 aromatic rings. The van der Waals surface area contributed by atoms with Crippen LogP contribution in [0.25, 0.3) is 22.5 Å². The van der Waals surface area contributed by atoms with Crippen molar-refractivity contribution in [1.29, 1.82) is 0 Å². The van der Waals surface area contributed by atoms with Crippen LogP contribution in [-0.2, 0) is 4.74 Å². The molecular formula is C23H24N4O4. The van der Waals surface area contributed by atoms with E-state index in [-0.39, 0.29) is 11.9 Å². The quantitative estimate of drug-likeness (QED) is 0.421. The fourth-order valence-corrected chi connectivity index (χ4v) is 3.24. The summed E-state index contributed by atoms with van der Waals surface area (Å²) in [6, 6.07) is 12.7. The van der Waals surface area contributed by atoms with Crippen molar-refractivity contribution in [3.63, 3.8) is 0 Å². The molecule has 1 aromatic carbocycles. The fraction of sp³-hybridized carbons (Fsp3) is 0.261. The van der Waals surface area contributed by atoms with Gasteiger partial charge in [0, 0.05) is 24.9 Å². The van der Waals surface area contributed by atoms with E-state index < -0.39 is 0 Å². The van der Waals surface area contributed by atoms with Crippen LogP contribution in [0, 0.1) is 0 Å². The summed E-state index contributed by atoms with van der Waals surface area (Å²) in [5.41, 5.74) is 2.29. The number of nitrogens with one attached hydrogen (secondary N) is 1. The van der Waals surface area contributed by atoms with E-state index in [1.165, 1.54) is 0 Å². The first-order valence-electron chi connectivity index (χ1n) is 10.0. The number of amides is 1. The Balaban J connectivity index is 1.68. The van der Waals surface area contributed by atoms with E-state index in [0.29, 0.717) is 52.7 Å². The molecule has 1 N–H and O–H groups in total. The second-order valence-corrected chi connectivity index (χ2v) is 7.28. The molecule has 31 heavy (non-hydrogen) atoms. The molecule has 0 saturated carbocycles. The molecule has 0 aliphatic heterocycles. The molecule has 0 aliphatic carbocycles. The topological polar surface area (TPSA) is 91.4 Å². The third-order valence-corrected chi connectivity index (χ3v) is 4.72. The van der Waals surface area contributed by atoms with Gasteiger partial charge in [0.1, 0.15) is 18.1 Å². The Hall–Kier alpha value is -3.65. The summed E-state index contributed by atoms with van der Waals surface area (Å²) in [4.78, 5) is 17.9. The summed E-state index contributed by atoms with van der Waals surface area (Å²) in [5, 5.41) is 8.06. The van der Waals surface area contributed by atoms with Crippen LogP contribution in [0.1, 0.15) is 30.2 Å². The van der Waals surface area contributed by atoms with Gasteiger partial charge in [0.25, 0.3) is 5.91 Å². The van der Waals surface area contributed by atoms with Crippen molar-refractivity contribution in [3.8, 4) is 17.2 Å². The Kier molecular flexibility index (Phi) is 5.99. The average molecular weight is 420 g/mol. The van der Waals surface area contributed by atoms with Gasteiger partial charge in [0.15, 0.2) is 11.4 Å². The molecule has 0 unspecified atom stereocenters. The lowest BCUT2D eigenvalue weighted by Gasteiger charge is -2.11. The molecule has 1 amide bonds. The molecule has 3 heterocycles. The first-order chi connectivity index (χ1) is 15.1. The molecule has 160 valence electrons. The van der Waals surface area contributed by atoms with E-state index in [1.54, 1.807) is 42.5 Å². The van der Waals surface area contributed by atoms with Gasteiger partial charge in [-0.3, -0.25) is 4.79 Å². The van der Waals surface area contributed by atoms with E-state index in [2.05, 4.69) is 10.4 Å². The van der Waals surface area contributed by atoms with Gasteiger partial charge in [-0.05, 0) is 44.2 Å². The zero-order valence-electron chi connectivity index (χ0n) is 17.7. The predicted octanol–water partition coefficient (Wildman–Crippen LogP) is 4.55. The van der Waals surface area contributed by atoms with E-state index >= 15 is 0 Å². The molecule has 0 saturated heterocycles. The standard InChI is InChI=1S/C23H24N4O4/c1-15(2)27-22-19(14-24-27)18(13-20(26-22)21-8-5-9-31-21)23(28)25-16-6-4-7-17(12-16)30-11-10-29-3/h4-9,12-15H,10-11H2,1-3H3,(H,25,28). The maximum absolute atomic E-state index is 13.2. The number of furan rings is 1. The molecule has 3 aromatic heterocycles. The van der Waals surface area contributed by atoms with Crippen LogP contribution in [0.2, 0.25) is 0 Å². The maximum Gasteiger partial charge on any atom is 0.256 e. The molecule has 0 fully saturated rings. The Morgan fingerprint density at radius 2 is 2.06 bits per heavy atom. The van der Waals surface area contributed by atoms with Gasteiger partial charge in [-0.15, -0.1) is 0 Å². The number of nitrogens with zero attached hydrogens (tertiary/aromatic N) is 3. The third kappa shape index (κ3) is 4.44. The molecule has 8 heteroatoms. The number of aromatic nitrogens is 3. The first kappa shape index (κ1) is 20.6. The Morgan fingerprint density at radius 1 is 1.19 bits per heavy atom. The lowest BCUT2D eigenvalue weighted by atomic mass is 10.1. The SMILES string of the molecule is COCCOc1cccc(NC(=O)c2cc(-c3ccco3)nc3c2cnn3C(C)C)c1. The maximum atomic E-state index is 13.2. The van der Waals surface area contributed by atoms with Crippen molar-refractivity contribution in [2.24, 2.45) is 0 Å². The van der Waals surface area contributed by atoms with Crippen molar-refractivity contribution in [2.45, 2.75) is 19.9 Å². The summed E-state index contributed by atoms with van der Waals surface area (Å²) >= 11 is 0. The largest absolute Gasteiger partial charge is 0.491 e. The fourth-order valence-electron chi connectivity index (χ4n) is 3.24. The molecule has 8 nitrogen and oxygen atoms in total. The highest BCUT2D eigenvalue weighted by Gasteiger charge is 2.19. The monoisotopic (exact) mass is 420 g/mol. The van der Waals surface area contributed by atoms with Gasteiger partial charge < -0.3 is 19.2 Å². The number of carbonyl (C=O) groups is 1. The molecular weight excluding hydrogens is 396 g/mol. The van der Waals surface area contributed by atoms with Crippen molar-refractivity contribution in [3.05, 3.63) is 60.5 Å². The van der Waals surface area contributed by atoms with Crippen LogP contribution in [0.5, 0.6) is 5.75 Å². The molecule has 0 spiro atoms. The minimum Gasteiger partial charge on any atom is -0.491 e. The smallest absolute Gasteiger partial charge is 0.256 e. The molecule has 0 bridgehead atoms. The summed E-state index contributed by atoms with van der Waals surface area (Å²) in [5.74, 6) is 0.970. The Morgan fingerprint density at radius 3 is 2.81 bits per heavy atom. The number of anilines is 1. The van der Waals surface area contributed by atoms with Crippen LogP contribution >= 0.6 is 0 Å². The number of methoxy groups -OCH3 is 1. The van der Waals surface area contributed by atoms with Crippen molar-refractivity contribution < 1.29 is 18.7 Å². The van der Waals surface area contributed by atoms with Gasteiger partial charge in [-0.25, -0.2) is 9.67 Å². The minimum atomic E-state index is -0.266. The number of carbonyl (C=O) groups excluding carboxylic acids is 1. The third-order valence-electron chi connectivity index (χ3n) is 4.72. The zero-order chi connectivity index (χ0) is 21.8. The first-order valence-corrected chi connectivity index (χ1v) is 10.0. The van der Waals surface area contributed by atoms with E-state index in [1.807, 2.05) is 38.1 Å². The summed E-state index contributed by atoms with van der Waals surface area (Å²) in [6.45, 7) is 4.95. The highest BCUT2D eigenvalue weighted by molar-refractivity contribution is 6.12. The van der Waals surface area contributed by atoms with Crippen LogP contribution in [0.3, 0.4) is 0 Å². The van der Waals surface area contributed by atoms with Crippen LogP contribution in [-0.4, -0.2) is 41.0 Å². The minimum absolute atomic E-state index is 0.0914. The van der Waals surface area contributed by atoms with Gasteiger partial charge in [0.2, 0.25) is 0 Å². The second kappa shape index (κ2) is 9.01. The lowest BCUT2D eigenvalue weighted by molar-refractivity contribution is 0.102. The van der Waals surface area contributed by atoms with E-state index in [4.69, 9.17) is 18.9 Å². The number of hydrogen-bond acceptors (Lipinski definition) is 6. The number of hydrogen-bond donors (Lipinski definition) is 1. The van der Waals surface area contributed by atoms with E-state index in [0.717, 1.165) is 0 Å². The van der Waals surface area contributed by atoms with Crippen LogP contribution in [0.15, 0.2) is 59.3 Å². The Bertz CT molecular complexity index is 1180. The van der Waals surface area contributed by atoms with Crippen LogP contribution < -0.4 is 10.1 Å². The number of ether oxygens (including phenoxy) is 2. The summed E-state index contributed by atoms with van der Waals surface area (Å²) < 4.78 is 17.9. The lowest BCUT2D eigenvalue weighted by Crippen LogP contribution is -2.13. The summed E-state index contributed by atoms with van der Waals surface area (Å²) in [7, 11) is 1.62. The van der Waals surface area contributed by atoms with Crippen molar-refractivity contribution >= 4 is 22.6 Å². The normalized spacial score (nSPS) is 11.2. The van der Waals surface area contributed by atoms with Crippen LogP contribution in [0.4, 0.5) is 5.69 Å². The molecule has 0 atom stereocenters. The molecule has 4 rings (SSSR count). The van der Waals surface area contributed by atoms with Crippen molar-refractivity contribution in [2.75, 3.05) is 25.6 Å². The summed E-state index contributed by atoms with van der Waals surface area (Å²) in [6.07, 6.45) is 3.25. The average Bonchev–Trinajstić information content (AvgIpc) is 3.43. The predicted molar refractivity (Wildman–Crippen MR) is 117 cm³/mol. The molecule has 0 aliphatic rings. The number of benzene rings is 1. The highest BCUT2D eigenvalue weighted by atomic mass is 16.5. The number of fused-ring (bicyclic) bond motifs is 1. The zero-order valence-corrected chi connectivity index (χ0v) is 17.7. The van der Waals surface area contributed by atoms with Gasteiger partial charge in [-0.1, -0.05) is 6.07 Å². The van der Waals surface area contributed by atoms with Gasteiger partial charge in [-0.2, -0.15) is 5.10 Å². The Labute approximate surface area is 179 Å². The second-order valence-electron chi connectivity index (χ2n) is 7.28. The highest BCUT2D eigenvalue weighted by Crippen LogP contribution is 2.27. The van der Waals surface area contributed by atoms with Gasteiger partial charge in [0.05, 0.1) is 30.0 Å². The number of rotatable bonds is 8. The van der Waals surface area contributed by atoms with Crippen molar-refractivity contribution in [1.82, 2.24) is 14.8 Å². The number of pyridine rings is 1. The molecule has 0 radical (unpaired) electrons. The van der Waals surface area contributed by atoms with Gasteiger partial charge >= 0.3 is 0 Å². The van der Waals surface area contributed by atoms with E-state index in [9.17, 15) is 4.79 Å².